The maximum atomic E-state index is 13.2. The number of carbonyl (C=O) groups excluding carboxylic acids is 1. The van der Waals surface area contributed by atoms with Gasteiger partial charge in [0.05, 0.1) is 16.0 Å². The number of rotatable bonds is 5. The summed E-state index contributed by atoms with van der Waals surface area (Å²) in [4.78, 5) is 28.7. The van der Waals surface area contributed by atoms with Crippen molar-refractivity contribution in [3.8, 4) is 5.75 Å². The third kappa shape index (κ3) is 5.71. The lowest BCUT2D eigenvalue weighted by Crippen LogP contribution is -2.38. The van der Waals surface area contributed by atoms with Gasteiger partial charge in [-0.1, -0.05) is 0 Å². The Morgan fingerprint density at radius 2 is 1.75 bits per heavy atom. The normalized spacial score (nSPS) is 15.3. The number of alkyl halides is 6. The molecule has 196 valence electrons. The van der Waals surface area contributed by atoms with Gasteiger partial charge in [-0.3, -0.25) is 4.79 Å². The predicted molar refractivity (Wildman–Crippen MR) is 110 cm³/mol. The summed E-state index contributed by atoms with van der Waals surface area (Å²) in [6.07, 6.45) is -11.6. The Labute approximate surface area is 200 Å². The van der Waals surface area contributed by atoms with Crippen LogP contribution in [0.3, 0.4) is 0 Å². The number of pyridine rings is 1. The van der Waals surface area contributed by atoms with Crippen molar-refractivity contribution < 1.29 is 54.2 Å². The van der Waals surface area contributed by atoms with Gasteiger partial charge in [0.15, 0.2) is 21.6 Å². The second-order valence-corrected chi connectivity index (χ2v) is 10.0. The van der Waals surface area contributed by atoms with Crippen molar-refractivity contribution in [2.75, 3.05) is 12.8 Å². The highest BCUT2D eigenvalue weighted by Gasteiger charge is 2.40. The van der Waals surface area contributed by atoms with E-state index in [-0.39, 0.29) is 29.1 Å². The molecule has 1 aliphatic rings. The van der Waals surface area contributed by atoms with Gasteiger partial charge in [-0.2, -0.15) is 26.3 Å². The summed E-state index contributed by atoms with van der Waals surface area (Å²) >= 11 is 0. The second-order valence-electron chi connectivity index (χ2n) is 8.00. The number of fused-ring (bicyclic) bond motifs is 1. The smallest absolute Gasteiger partial charge is 0.434 e. The SMILES string of the molecule is C[C@@H](Oc1ccc(S(C)(=O)=O)cc1C(=O)N1CCc2nc(C(F)(F)F)c(C(=O)O)cc2C1)C(F)(F)F. The van der Waals surface area contributed by atoms with Crippen molar-refractivity contribution >= 4 is 21.7 Å². The fourth-order valence-corrected chi connectivity index (χ4v) is 4.11. The largest absolute Gasteiger partial charge is 0.480 e. The fraction of sp³-hybridized carbons (Fsp3) is 0.381. The standard InChI is InChI=1S/C21H18F6N2O6S/c1-10(20(22,23)24)35-16-4-3-12(36(2,33)34)8-13(16)18(30)29-6-5-15-11(9-29)7-14(19(31)32)17(28-15)21(25,26)27/h3-4,7-8,10H,5-6,9H2,1-2H3,(H,31,32)/t10-/m1/s1. The van der Waals surface area contributed by atoms with Crippen LogP contribution in [0.5, 0.6) is 5.75 Å². The number of sulfone groups is 1. The van der Waals surface area contributed by atoms with Crippen LogP contribution in [0, 0.1) is 0 Å². The van der Waals surface area contributed by atoms with Gasteiger partial charge in [-0.15, -0.1) is 0 Å². The molecule has 0 saturated carbocycles. The Bertz CT molecular complexity index is 1320. The van der Waals surface area contributed by atoms with Gasteiger partial charge in [0.1, 0.15) is 5.75 Å². The van der Waals surface area contributed by atoms with Gasteiger partial charge in [0.25, 0.3) is 5.91 Å². The van der Waals surface area contributed by atoms with Crippen LogP contribution in [0.2, 0.25) is 0 Å². The molecule has 8 nitrogen and oxygen atoms in total. The topological polar surface area (TPSA) is 114 Å². The highest BCUT2D eigenvalue weighted by molar-refractivity contribution is 7.90. The van der Waals surface area contributed by atoms with Crippen LogP contribution in [0.15, 0.2) is 29.2 Å². The first-order valence-electron chi connectivity index (χ1n) is 10.1. The van der Waals surface area contributed by atoms with E-state index in [2.05, 4.69) is 4.98 Å². The lowest BCUT2D eigenvalue weighted by Gasteiger charge is -2.30. The van der Waals surface area contributed by atoms with Crippen LogP contribution >= 0.6 is 0 Å². The van der Waals surface area contributed by atoms with Crippen LogP contribution in [-0.2, 0) is 29.0 Å². The number of carboxylic acids is 1. The first-order chi connectivity index (χ1) is 16.4. The summed E-state index contributed by atoms with van der Waals surface area (Å²) in [5, 5.41) is 9.19. The molecule has 1 aromatic heterocycles. The molecule has 15 heteroatoms. The van der Waals surface area contributed by atoms with E-state index in [4.69, 9.17) is 4.74 Å². The van der Waals surface area contributed by atoms with Crippen molar-refractivity contribution in [2.24, 2.45) is 0 Å². The highest BCUT2D eigenvalue weighted by Crippen LogP contribution is 2.34. The Hall–Kier alpha value is -3.36. The Morgan fingerprint density at radius 1 is 1.11 bits per heavy atom. The number of hydrogen-bond acceptors (Lipinski definition) is 6. The van der Waals surface area contributed by atoms with Gasteiger partial charge in [-0.05, 0) is 36.8 Å². The van der Waals surface area contributed by atoms with E-state index in [1.807, 2.05) is 0 Å². The third-order valence-corrected chi connectivity index (χ3v) is 6.44. The zero-order valence-corrected chi connectivity index (χ0v) is 19.4. The van der Waals surface area contributed by atoms with E-state index in [1.165, 1.54) is 0 Å². The molecule has 1 amide bonds. The molecule has 0 saturated heterocycles. The summed E-state index contributed by atoms with van der Waals surface area (Å²) in [5.74, 6) is -3.41. The second kappa shape index (κ2) is 9.26. The molecule has 0 fully saturated rings. The van der Waals surface area contributed by atoms with Gasteiger partial charge in [0, 0.05) is 31.5 Å². The minimum atomic E-state index is -5.04. The van der Waals surface area contributed by atoms with Gasteiger partial charge >= 0.3 is 18.3 Å². The number of ether oxygens (including phenoxy) is 1. The number of carbonyl (C=O) groups is 2. The van der Waals surface area contributed by atoms with E-state index < -0.39 is 69.3 Å². The summed E-state index contributed by atoms with van der Waals surface area (Å²) in [6, 6.07) is 3.46. The number of nitrogens with zero attached hydrogens (tertiary/aromatic N) is 2. The van der Waals surface area contributed by atoms with Gasteiger partial charge < -0.3 is 14.7 Å². The zero-order chi connectivity index (χ0) is 27.2. The maximum Gasteiger partial charge on any atom is 0.434 e. The first-order valence-corrected chi connectivity index (χ1v) is 12.0. The molecule has 1 N–H and O–H groups in total. The molecular formula is C21H18F6N2O6S. The monoisotopic (exact) mass is 540 g/mol. The van der Waals surface area contributed by atoms with Gasteiger partial charge in [0.2, 0.25) is 0 Å². The Morgan fingerprint density at radius 3 is 2.28 bits per heavy atom. The lowest BCUT2D eigenvalue weighted by atomic mass is 10.00. The summed E-state index contributed by atoms with van der Waals surface area (Å²) in [5.41, 5.74) is -3.34. The number of benzene rings is 1. The summed E-state index contributed by atoms with van der Waals surface area (Å²) in [6.45, 7) is 0.0457. The molecule has 1 atom stereocenters. The maximum absolute atomic E-state index is 13.2. The van der Waals surface area contributed by atoms with Crippen LogP contribution in [0.25, 0.3) is 0 Å². The molecule has 1 aromatic carbocycles. The number of hydrogen-bond donors (Lipinski definition) is 1. The van der Waals surface area contributed by atoms with Crippen LogP contribution in [-0.4, -0.2) is 60.4 Å². The molecule has 0 radical (unpaired) electrons. The fourth-order valence-electron chi connectivity index (χ4n) is 3.46. The number of aromatic nitrogens is 1. The molecule has 0 spiro atoms. The first kappa shape index (κ1) is 27.2. The van der Waals surface area contributed by atoms with Crippen molar-refractivity contribution in [1.82, 2.24) is 9.88 Å². The van der Waals surface area contributed by atoms with E-state index >= 15 is 0 Å². The van der Waals surface area contributed by atoms with Crippen LogP contribution in [0.4, 0.5) is 26.3 Å². The lowest BCUT2D eigenvalue weighted by molar-refractivity contribution is -0.189. The minimum absolute atomic E-state index is 0.00889. The minimum Gasteiger partial charge on any atom is -0.480 e. The highest BCUT2D eigenvalue weighted by atomic mass is 32.2. The number of amides is 1. The van der Waals surface area contributed by atoms with E-state index in [0.717, 1.165) is 35.4 Å². The molecule has 0 bridgehead atoms. The van der Waals surface area contributed by atoms with Crippen molar-refractivity contribution in [3.05, 3.63) is 52.3 Å². The molecule has 2 heterocycles. The summed E-state index contributed by atoms with van der Waals surface area (Å²) < 4.78 is 108. The molecule has 1 aliphatic heterocycles. The van der Waals surface area contributed by atoms with Crippen molar-refractivity contribution in [2.45, 2.75) is 43.2 Å². The van der Waals surface area contributed by atoms with Crippen LogP contribution in [0.1, 0.15) is 44.6 Å². The van der Waals surface area contributed by atoms with Crippen molar-refractivity contribution in [1.29, 1.82) is 0 Å². The predicted octanol–water partition coefficient (Wildman–Crippen LogP) is 3.73. The average Bonchev–Trinajstić information content (AvgIpc) is 2.75. The molecule has 3 rings (SSSR count). The zero-order valence-electron chi connectivity index (χ0n) is 18.6. The summed E-state index contributed by atoms with van der Waals surface area (Å²) in [7, 11) is -3.88. The molecule has 0 aliphatic carbocycles. The molecule has 2 aromatic rings. The van der Waals surface area contributed by atoms with Gasteiger partial charge in [-0.25, -0.2) is 18.2 Å². The molecule has 0 unspecified atom stereocenters. The Kier molecular flexibility index (Phi) is 7.00. The molecular weight excluding hydrogens is 522 g/mol. The van der Waals surface area contributed by atoms with E-state index in [1.54, 1.807) is 0 Å². The van der Waals surface area contributed by atoms with E-state index in [9.17, 15) is 49.5 Å². The quantitative estimate of drug-likeness (QED) is 0.575. The number of carboxylic acid groups (broad SMARTS) is 1. The number of aromatic carboxylic acids is 1. The third-order valence-electron chi connectivity index (χ3n) is 5.33. The van der Waals surface area contributed by atoms with Crippen molar-refractivity contribution in [3.63, 3.8) is 0 Å². The van der Waals surface area contributed by atoms with E-state index in [0.29, 0.717) is 6.92 Å². The van der Waals surface area contributed by atoms with Crippen LogP contribution < -0.4 is 4.74 Å². The Balaban J connectivity index is 2.03. The molecule has 36 heavy (non-hydrogen) atoms. The average molecular weight is 540 g/mol. The number of halogens is 6.